The van der Waals surface area contributed by atoms with Crippen LogP contribution in [0.4, 0.5) is 0 Å². The second-order valence-electron chi connectivity index (χ2n) is 4.84. The first-order chi connectivity index (χ1) is 11.1. The van der Waals surface area contributed by atoms with E-state index in [4.69, 9.17) is 4.74 Å². The van der Waals surface area contributed by atoms with E-state index in [2.05, 4.69) is 21.0 Å². The molecule has 0 radical (unpaired) electrons. The number of rotatable bonds is 4. The zero-order valence-electron chi connectivity index (χ0n) is 12.2. The first-order valence-electron chi connectivity index (χ1n) is 6.82. The van der Waals surface area contributed by atoms with Gasteiger partial charge in [0.2, 0.25) is 0 Å². The van der Waals surface area contributed by atoms with Gasteiger partial charge in [0.15, 0.2) is 5.69 Å². The molecule has 0 fully saturated rings. The Balaban J connectivity index is 2.13. The van der Waals surface area contributed by atoms with Crippen molar-refractivity contribution in [2.45, 2.75) is 0 Å². The third-order valence-electron chi connectivity index (χ3n) is 3.39. The molecule has 1 heterocycles. The van der Waals surface area contributed by atoms with Crippen LogP contribution in [0, 0.1) is 0 Å². The third-order valence-corrected chi connectivity index (χ3v) is 3.91. The maximum atomic E-state index is 11.3. The van der Waals surface area contributed by atoms with Gasteiger partial charge in [-0.15, -0.1) is 0 Å². The summed E-state index contributed by atoms with van der Waals surface area (Å²) in [6.45, 7) is 0. The van der Waals surface area contributed by atoms with E-state index in [-0.39, 0.29) is 5.69 Å². The summed E-state index contributed by atoms with van der Waals surface area (Å²) in [5.41, 5.74) is 2.34. The van der Waals surface area contributed by atoms with Gasteiger partial charge in [-0.25, -0.2) is 9.48 Å². The molecule has 0 saturated carbocycles. The minimum atomic E-state index is -1.06. The molecule has 0 bridgehead atoms. The molecule has 23 heavy (non-hydrogen) atoms. The number of hydrogen-bond donors (Lipinski definition) is 1. The number of aromatic nitrogens is 2. The monoisotopic (exact) mass is 372 g/mol. The van der Waals surface area contributed by atoms with Crippen LogP contribution >= 0.6 is 15.9 Å². The third kappa shape index (κ3) is 3.12. The molecule has 0 aliphatic rings. The van der Waals surface area contributed by atoms with Crippen LogP contribution in [0.1, 0.15) is 10.5 Å². The molecule has 5 nitrogen and oxygen atoms in total. The highest BCUT2D eigenvalue weighted by Gasteiger charge is 2.16. The van der Waals surface area contributed by atoms with Gasteiger partial charge in [0.05, 0.1) is 18.5 Å². The van der Waals surface area contributed by atoms with E-state index in [0.29, 0.717) is 5.69 Å². The molecular formula is C17H13BrN2O3. The summed E-state index contributed by atoms with van der Waals surface area (Å²) in [5, 5.41) is 13.4. The van der Waals surface area contributed by atoms with Crippen molar-refractivity contribution in [1.29, 1.82) is 0 Å². The van der Waals surface area contributed by atoms with Gasteiger partial charge in [0.25, 0.3) is 0 Å². The molecule has 3 rings (SSSR count). The summed E-state index contributed by atoms with van der Waals surface area (Å²) in [7, 11) is 1.60. The van der Waals surface area contributed by atoms with Crippen LogP contribution in [0.25, 0.3) is 16.9 Å². The van der Waals surface area contributed by atoms with Gasteiger partial charge in [0, 0.05) is 10.0 Å². The van der Waals surface area contributed by atoms with Crippen LogP contribution in [0.3, 0.4) is 0 Å². The summed E-state index contributed by atoms with van der Waals surface area (Å²) >= 11 is 3.39. The largest absolute Gasteiger partial charge is 0.497 e. The highest BCUT2D eigenvalue weighted by atomic mass is 79.9. The quantitative estimate of drug-likeness (QED) is 0.751. The van der Waals surface area contributed by atoms with Crippen molar-refractivity contribution < 1.29 is 14.6 Å². The van der Waals surface area contributed by atoms with Crippen LogP contribution in [0.2, 0.25) is 0 Å². The lowest BCUT2D eigenvalue weighted by Crippen LogP contribution is -2.02. The normalized spacial score (nSPS) is 10.5. The van der Waals surface area contributed by atoms with Gasteiger partial charge in [-0.05, 0) is 54.6 Å². The van der Waals surface area contributed by atoms with E-state index >= 15 is 0 Å². The van der Waals surface area contributed by atoms with Crippen LogP contribution < -0.4 is 4.74 Å². The number of carboxylic acid groups (broad SMARTS) is 1. The Morgan fingerprint density at radius 2 is 1.78 bits per heavy atom. The molecule has 1 N–H and O–H groups in total. The van der Waals surface area contributed by atoms with Gasteiger partial charge in [-0.3, -0.25) is 0 Å². The lowest BCUT2D eigenvalue weighted by molar-refractivity contribution is 0.0690. The number of nitrogens with zero attached hydrogens (tertiary/aromatic N) is 2. The van der Waals surface area contributed by atoms with Crippen molar-refractivity contribution in [1.82, 2.24) is 9.78 Å². The van der Waals surface area contributed by atoms with Gasteiger partial charge in [-0.1, -0.05) is 15.9 Å². The number of benzene rings is 2. The van der Waals surface area contributed by atoms with E-state index in [0.717, 1.165) is 21.5 Å². The second-order valence-corrected chi connectivity index (χ2v) is 5.75. The smallest absolute Gasteiger partial charge is 0.356 e. The summed E-state index contributed by atoms with van der Waals surface area (Å²) in [6, 6.07) is 16.5. The number of carboxylic acids is 1. The van der Waals surface area contributed by atoms with E-state index < -0.39 is 5.97 Å². The van der Waals surface area contributed by atoms with Crippen molar-refractivity contribution in [3.63, 3.8) is 0 Å². The highest BCUT2D eigenvalue weighted by molar-refractivity contribution is 9.10. The van der Waals surface area contributed by atoms with Gasteiger partial charge >= 0.3 is 5.97 Å². The van der Waals surface area contributed by atoms with Crippen molar-refractivity contribution in [3.05, 3.63) is 64.8 Å². The van der Waals surface area contributed by atoms with Crippen LogP contribution in [0.5, 0.6) is 5.75 Å². The maximum Gasteiger partial charge on any atom is 0.356 e. The standard InChI is InChI=1S/C17H13BrN2O3/c1-23-14-8-2-11(3-9-14)16-10-15(17(21)22)19-20(16)13-6-4-12(18)5-7-13/h2-10H,1H3,(H,21,22). The van der Waals surface area contributed by atoms with E-state index in [9.17, 15) is 9.90 Å². The molecule has 0 spiro atoms. The first-order valence-corrected chi connectivity index (χ1v) is 7.61. The fraction of sp³-hybridized carbons (Fsp3) is 0.0588. The molecule has 3 aromatic rings. The van der Waals surface area contributed by atoms with Crippen LogP contribution in [-0.2, 0) is 0 Å². The van der Waals surface area contributed by atoms with E-state index in [1.807, 2.05) is 48.5 Å². The van der Waals surface area contributed by atoms with Crippen LogP contribution in [0.15, 0.2) is 59.1 Å². The number of ether oxygens (including phenoxy) is 1. The molecule has 2 aromatic carbocycles. The Bertz CT molecular complexity index is 839. The number of methoxy groups -OCH3 is 1. The molecule has 0 aliphatic heterocycles. The molecule has 0 aliphatic carbocycles. The van der Waals surface area contributed by atoms with Crippen LogP contribution in [-0.4, -0.2) is 28.0 Å². The van der Waals surface area contributed by atoms with Crippen molar-refractivity contribution in [3.8, 4) is 22.7 Å². The Kier molecular flexibility index (Phi) is 4.16. The number of hydrogen-bond acceptors (Lipinski definition) is 3. The second kappa shape index (κ2) is 6.26. The number of aromatic carboxylic acids is 1. The lowest BCUT2D eigenvalue weighted by atomic mass is 10.1. The van der Waals surface area contributed by atoms with Crippen molar-refractivity contribution in [2.24, 2.45) is 0 Å². The molecule has 1 aromatic heterocycles. The summed E-state index contributed by atoms with van der Waals surface area (Å²) in [5.74, 6) is -0.322. The molecule has 0 amide bonds. The molecule has 0 saturated heterocycles. The zero-order chi connectivity index (χ0) is 16.4. The Morgan fingerprint density at radius 3 is 2.35 bits per heavy atom. The average Bonchev–Trinajstić information content (AvgIpc) is 3.01. The number of halogens is 1. The number of carbonyl (C=O) groups is 1. The predicted octanol–water partition coefficient (Wildman–Crippen LogP) is 4.01. The maximum absolute atomic E-state index is 11.3. The van der Waals surface area contributed by atoms with Gasteiger partial charge < -0.3 is 9.84 Å². The van der Waals surface area contributed by atoms with Gasteiger partial charge in [-0.2, -0.15) is 5.10 Å². The Hall–Kier alpha value is -2.60. The van der Waals surface area contributed by atoms with Gasteiger partial charge in [0.1, 0.15) is 5.75 Å². The minimum absolute atomic E-state index is 0.00117. The highest BCUT2D eigenvalue weighted by Crippen LogP contribution is 2.26. The zero-order valence-corrected chi connectivity index (χ0v) is 13.8. The fourth-order valence-corrected chi connectivity index (χ4v) is 2.50. The summed E-state index contributed by atoms with van der Waals surface area (Å²) < 4.78 is 7.72. The van der Waals surface area contributed by atoms with Crippen molar-refractivity contribution >= 4 is 21.9 Å². The van der Waals surface area contributed by atoms with E-state index in [1.165, 1.54) is 0 Å². The lowest BCUT2D eigenvalue weighted by Gasteiger charge is -2.08. The Morgan fingerprint density at radius 1 is 1.13 bits per heavy atom. The minimum Gasteiger partial charge on any atom is -0.497 e. The summed E-state index contributed by atoms with van der Waals surface area (Å²) in [6.07, 6.45) is 0. The fourth-order valence-electron chi connectivity index (χ4n) is 2.23. The topological polar surface area (TPSA) is 64.3 Å². The predicted molar refractivity (Wildman–Crippen MR) is 90.2 cm³/mol. The molecule has 0 unspecified atom stereocenters. The van der Waals surface area contributed by atoms with E-state index in [1.54, 1.807) is 17.9 Å². The molecular weight excluding hydrogens is 360 g/mol. The molecule has 116 valence electrons. The first kappa shape index (κ1) is 15.3. The summed E-state index contributed by atoms with van der Waals surface area (Å²) in [4.78, 5) is 11.3. The molecule has 0 atom stereocenters. The average molecular weight is 373 g/mol. The SMILES string of the molecule is COc1ccc(-c2cc(C(=O)O)nn2-c2ccc(Br)cc2)cc1. The molecule has 6 heteroatoms. The Labute approximate surface area is 141 Å². The van der Waals surface area contributed by atoms with Crippen molar-refractivity contribution in [2.75, 3.05) is 7.11 Å².